The number of carbonyl (C=O) groups excluding carboxylic acids is 3. The number of hydrogen-bond acceptors (Lipinski definition) is 6. The Labute approximate surface area is 327 Å². The molecule has 0 aliphatic carbocycles. The molecule has 0 radical (unpaired) electrons. The molecule has 0 aliphatic rings. The van der Waals surface area contributed by atoms with Crippen molar-refractivity contribution >= 4 is 17.9 Å². The van der Waals surface area contributed by atoms with Crippen LogP contribution in [0.15, 0.2) is 48.6 Å². The monoisotopic (exact) mass is 743 g/mol. The number of esters is 3. The van der Waals surface area contributed by atoms with Crippen molar-refractivity contribution in [3.63, 3.8) is 0 Å². The van der Waals surface area contributed by atoms with Gasteiger partial charge in [0.25, 0.3) is 0 Å². The minimum Gasteiger partial charge on any atom is -0.462 e. The highest BCUT2D eigenvalue weighted by molar-refractivity contribution is 5.71. The van der Waals surface area contributed by atoms with Crippen LogP contribution in [-0.4, -0.2) is 37.2 Å². The third kappa shape index (κ3) is 40.4. The Balaban J connectivity index is 4.47. The summed E-state index contributed by atoms with van der Waals surface area (Å²) in [6.45, 7) is 6.47. The van der Waals surface area contributed by atoms with Gasteiger partial charge in [0.2, 0.25) is 0 Å². The lowest BCUT2D eigenvalue weighted by atomic mass is 10.1. The normalized spacial score (nSPS) is 12.4. The quantitative estimate of drug-likeness (QED) is 0.0270. The van der Waals surface area contributed by atoms with Gasteiger partial charge < -0.3 is 14.2 Å². The van der Waals surface area contributed by atoms with Crippen LogP contribution in [0.2, 0.25) is 0 Å². The minimum atomic E-state index is -0.800. The van der Waals surface area contributed by atoms with Gasteiger partial charge in [-0.3, -0.25) is 14.4 Å². The van der Waals surface area contributed by atoms with Crippen LogP contribution in [0.5, 0.6) is 0 Å². The molecule has 6 nitrogen and oxygen atoms in total. The van der Waals surface area contributed by atoms with Crippen LogP contribution < -0.4 is 0 Å². The van der Waals surface area contributed by atoms with Crippen molar-refractivity contribution in [1.82, 2.24) is 0 Å². The van der Waals surface area contributed by atoms with Crippen molar-refractivity contribution in [2.75, 3.05) is 13.2 Å². The van der Waals surface area contributed by atoms with E-state index in [-0.39, 0.29) is 37.5 Å². The fraction of sp³-hybridized carbons (Fsp3) is 0.766. The van der Waals surface area contributed by atoms with Crippen molar-refractivity contribution in [2.45, 2.75) is 219 Å². The molecule has 306 valence electrons. The number of allylic oxidation sites excluding steroid dienone is 8. The first-order valence-electron chi connectivity index (χ1n) is 22.1. The van der Waals surface area contributed by atoms with E-state index in [1.165, 1.54) is 83.5 Å². The second kappa shape index (κ2) is 42.1. The SMILES string of the molecule is CCCC/C=C\CCCCCCC(=O)OCC(COC(=O)CC/C=C\C/C=C\CCCCCCCC)OC(=O)CCCCCCC/C=C\CCCCC. The summed E-state index contributed by atoms with van der Waals surface area (Å²) in [6, 6.07) is 0. The van der Waals surface area contributed by atoms with Gasteiger partial charge in [-0.1, -0.05) is 159 Å². The smallest absolute Gasteiger partial charge is 0.306 e. The van der Waals surface area contributed by atoms with E-state index < -0.39 is 6.10 Å². The molecule has 0 aromatic carbocycles. The Morgan fingerprint density at radius 1 is 0.377 bits per heavy atom. The number of ether oxygens (including phenoxy) is 3. The van der Waals surface area contributed by atoms with Crippen molar-refractivity contribution in [1.29, 1.82) is 0 Å². The molecule has 6 heteroatoms. The molecule has 0 saturated heterocycles. The maximum absolute atomic E-state index is 12.7. The van der Waals surface area contributed by atoms with Crippen molar-refractivity contribution in [3.05, 3.63) is 48.6 Å². The maximum atomic E-state index is 12.7. The van der Waals surface area contributed by atoms with E-state index in [1.807, 2.05) is 6.08 Å². The first-order chi connectivity index (χ1) is 26.0. The predicted octanol–water partition coefficient (Wildman–Crippen LogP) is 14.0. The van der Waals surface area contributed by atoms with Crippen LogP contribution in [0.1, 0.15) is 213 Å². The zero-order valence-corrected chi connectivity index (χ0v) is 34.8. The van der Waals surface area contributed by atoms with E-state index in [2.05, 4.69) is 63.3 Å². The molecule has 0 aromatic heterocycles. The molecule has 0 N–H and O–H groups in total. The Morgan fingerprint density at radius 2 is 0.736 bits per heavy atom. The lowest BCUT2D eigenvalue weighted by Crippen LogP contribution is -2.30. The van der Waals surface area contributed by atoms with E-state index in [9.17, 15) is 14.4 Å². The Hall–Kier alpha value is -2.63. The van der Waals surface area contributed by atoms with Crippen molar-refractivity contribution in [3.8, 4) is 0 Å². The Bertz CT molecular complexity index is 949. The highest BCUT2D eigenvalue weighted by Gasteiger charge is 2.19. The molecule has 0 fully saturated rings. The van der Waals surface area contributed by atoms with Gasteiger partial charge in [0.05, 0.1) is 0 Å². The molecule has 0 bridgehead atoms. The van der Waals surface area contributed by atoms with Gasteiger partial charge in [-0.05, 0) is 83.5 Å². The molecule has 0 rings (SSSR count). The Morgan fingerprint density at radius 3 is 1.26 bits per heavy atom. The number of carbonyl (C=O) groups is 3. The van der Waals surface area contributed by atoms with E-state index in [0.717, 1.165) is 83.5 Å². The van der Waals surface area contributed by atoms with Crippen LogP contribution in [0.4, 0.5) is 0 Å². The maximum Gasteiger partial charge on any atom is 0.306 e. The number of unbranched alkanes of at least 4 members (excludes halogenated alkanes) is 20. The van der Waals surface area contributed by atoms with Gasteiger partial charge >= 0.3 is 17.9 Å². The van der Waals surface area contributed by atoms with Gasteiger partial charge in [0, 0.05) is 19.3 Å². The molecule has 0 amide bonds. The van der Waals surface area contributed by atoms with Crippen molar-refractivity contribution in [2.24, 2.45) is 0 Å². The molecule has 53 heavy (non-hydrogen) atoms. The lowest BCUT2D eigenvalue weighted by Gasteiger charge is -2.18. The first kappa shape index (κ1) is 50.4. The Kier molecular flexibility index (Phi) is 40.0. The summed E-state index contributed by atoms with van der Waals surface area (Å²) in [5, 5.41) is 0. The van der Waals surface area contributed by atoms with E-state index in [0.29, 0.717) is 19.3 Å². The summed E-state index contributed by atoms with van der Waals surface area (Å²) in [7, 11) is 0. The summed E-state index contributed by atoms with van der Waals surface area (Å²) >= 11 is 0. The first-order valence-corrected chi connectivity index (χ1v) is 22.1. The molecule has 0 aromatic rings. The fourth-order valence-electron chi connectivity index (χ4n) is 5.88. The van der Waals surface area contributed by atoms with Crippen LogP contribution in [0.3, 0.4) is 0 Å². The van der Waals surface area contributed by atoms with Crippen molar-refractivity contribution < 1.29 is 28.6 Å². The van der Waals surface area contributed by atoms with E-state index >= 15 is 0 Å². The second-order valence-corrected chi connectivity index (χ2v) is 14.6. The topological polar surface area (TPSA) is 78.9 Å². The molecular weight excluding hydrogens is 661 g/mol. The van der Waals surface area contributed by atoms with E-state index in [4.69, 9.17) is 14.2 Å². The predicted molar refractivity (Wildman–Crippen MR) is 224 cm³/mol. The highest BCUT2D eigenvalue weighted by Crippen LogP contribution is 2.12. The summed E-state index contributed by atoms with van der Waals surface area (Å²) < 4.78 is 16.6. The fourth-order valence-corrected chi connectivity index (χ4v) is 5.88. The molecule has 0 heterocycles. The van der Waals surface area contributed by atoms with Crippen LogP contribution in [-0.2, 0) is 28.6 Å². The lowest BCUT2D eigenvalue weighted by molar-refractivity contribution is -0.166. The molecule has 0 aliphatic heterocycles. The zero-order chi connectivity index (χ0) is 38.7. The summed E-state index contributed by atoms with van der Waals surface area (Å²) in [5.41, 5.74) is 0. The van der Waals surface area contributed by atoms with Gasteiger partial charge in [0.1, 0.15) is 13.2 Å². The van der Waals surface area contributed by atoms with Gasteiger partial charge in [-0.15, -0.1) is 0 Å². The molecule has 0 spiro atoms. The highest BCUT2D eigenvalue weighted by atomic mass is 16.6. The standard InChI is InChI=1S/C47H82O6/c1-4-7-10-13-16-19-22-24-26-28-31-34-37-40-46(49)52-43-44(42-51-45(48)39-36-33-30-27-21-18-15-12-9-6-3)53-47(50)41-38-35-32-29-25-23-20-17-14-11-8-5-2/h15,17-18,20,24,26,31,34,44H,4-14,16,19,21-23,25,27-30,32-33,35-43H2,1-3H3/b18-15-,20-17-,26-24-,34-31-. The van der Waals surface area contributed by atoms with Gasteiger partial charge in [0.15, 0.2) is 6.10 Å². The van der Waals surface area contributed by atoms with Gasteiger partial charge in [-0.2, -0.15) is 0 Å². The second-order valence-electron chi connectivity index (χ2n) is 14.6. The minimum absolute atomic E-state index is 0.0999. The van der Waals surface area contributed by atoms with Crippen LogP contribution in [0, 0.1) is 0 Å². The number of rotatable bonds is 39. The average molecular weight is 743 g/mol. The zero-order valence-electron chi connectivity index (χ0n) is 34.8. The summed E-state index contributed by atoms with van der Waals surface area (Å²) in [6.07, 6.45) is 48.2. The third-order valence-electron chi connectivity index (χ3n) is 9.29. The van der Waals surface area contributed by atoms with Crippen LogP contribution in [0.25, 0.3) is 0 Å². The average Bonchev–Trinajstić information content (AvgIpc) is 3.15. The summed E-state index contributed by atoms with van der Waals surface area (Å²) in [5.74, 6) is -0.996. The summed E-state index contributed by atoms with van der Waals surface area (Å²) in [4.78, 5) is 37.6. The third-order valence-corrected chi connectivity index (χ3v) is 9.29. The van der Waals surface area contributed by atoms with Gasteiger partial charge in [-0.25, -0.2) is 0 Å². The molecular formula is C47H82O6. The molecule has 1 unspecified atom stereocenters. The molecule has 1 atom stereocenters. The largest absolute Gasteiger partial charge is 0.462 e. The van der Waals surface area contributed by atoms with Crippen LogP contribution >= 0.6 is 0 Å². The molecule has 0 saturated carbocycles. The van der Waals surface area contributed by atoms with E-state index in [1.54, 1.807) is 0 Å². The number of hydrogen-bond donors (Lipinski definition) is 0.